The minimum Gasteiger partial charge on any atom is -0.388 e. The van der Waals surface area contributed by atoms with Crippen molar-refractivity contribution >= 4 is 16.9 Å². The second-order valence-electron chi connectivity index (χ2n) is 4.36. The summed E-state index contributed by atoms with van der Waals surface area (Å²) in [5.41, 5.74) is 4.65. The summed E-state index contributed by atoms with van der Waals surface area (Å²) >= 11 is 0.954. The van der Waals surface area contributed by atoms with E-state index in [1.807, 2.05) is 0 Å². The fraction of sp³-hybridized carbons (Fsp3) is 0.889. The lowest BCUT2D eigenvalue weighted by Crippen LogP contribution is -2.58. The van der Waals surface area contributed by atoms with E-state index >= 15 is 0 Å². The Morgan fingerprint density at radius 3 is 2.56 bits per heavy atom. The van der Waals surface area contributed by atoms with Gasteiger partial charge in [-0.1, -0.05) is 18.7 Å². The van der Waals surface area contributed by atoms with Gasteiger partial charge in [0.05, 0.1) is 12.0 Å². The number of nitrogens with zero attached hydrogens (tertiary/aromatic N) is 1. The molecule has 2 aliphatic rings. The molecule has 0 aromatic heterocycles. The third kappa shape index (κ3) is 2.31. The average molecular weight is 286 g/mol. The van der Waals surface area contributed by atoms with Crippen LogP contribution in [-0.2, 0) is 4.74 Å². The van der Waals surface area contributed by atoms with Crippen molar-refractivity contribution in [3.05, 3.63) is 0 Å². The molecule has 5 nitrogen and oxygen atoms in total. The highest BCUT2D eigenvalue weighted by molar-refractivity contribution is 8.14. The Hall–Kier alpha value is -0.510. The molecule has 0 radical (unpaired) electrons. The molecule has 0 spiro atoms. The number of ether oxygens (including phenoxy) is 1. The van der Waals surface area contributed by atoms with Crippen molar-refractivity contribution in [3.8, 4) is 0 Å². The maximum Gasteiger partial charge on any atom is 0.394 e. The molecule has 0 bridgehead atoms. The first kappa shape index (κ1) is 13.9. The molecule has 104 valence electrons. The smallest absolute Gasteiger partial charge is 0.388 e. The van der Waals surface area contributed by atoms with E-state index < -0.39 is 41.9 Å². The first-order valence-electron chi connectivity index (χ1n) is 5.30. The van der Waals surface area contributed by atoms with E-state index in [1.165, 1.54) is 0 Å². The second-order valence-corrected chi connectivity index (χ2v) is 5.47. The first-order chi connectivity index (χ1) is 8.21. The van der Waals surface area contributed by atoms with Gasteiger partial charge < -0.3 is 20.7 Å². The third-order valence-corrected chi connectivity index (χ3v) is 4.10. The molecule has 1 fully saturated rings. The maximum absolute atomic E-state index is 12.6. The van der Waals surface area contributed by atoms with Crippen LogP contribution in [0.15, 0.2) is 4.99 Å². The number of thioether (sulfide) groups is 1. The number of aliphatic hydroxyl groups is 2. The highest BCUT2D eigenvalue weighted by Gasteiger charge is 2.54. The zero-order valence-corrected chi connectivity index (χ0v) is 10.1. The highest BCUT2D eigenvalue weighted by atomic mass is 32.2. The van der Waals surface area contributed by atoms with Crippen LogP contribution in [0.25, 0.3) is 0 Å². The quantitative estimate of drug-likeness (QED) is 0.634. The Balaban J connectivity index is 2.17. The molecule has 0 aromatic carbocycles. The monoisotopic (exact) mass is 286 g/mol. The minimum atomic E-state index is -4.51. The molecule has 2 rings (SSSR count). The topological polar surface area (TPSA) is 88.1 Å². The number of aliphatic imine (C=N–C) groups is 1. The van der Waals surface area contributed by atoms with Crippen LogP contribution in [0.1, 0.15) is 6.92 Å². The third-order valence-electron chi connectivity index (χ3n) is 3.13. The van der Waals surface area contributed by atoms with Crippen molar-refractivity contribution in [2.75, 3.05) is 0 Å². The van der Waals surface area contributed by atoms with Crippen molar-refractivity contribution in [2.24, 2.45) is 16.6 Å². The number of hydrogen-bond donors (Lipinski definition) is 3. The van der Waals surface area contributed by atoms with Crippen molar-refractivity contribution in [2.45, 2.75) is 42.9 Å². The second kappa shape index (κ2) is 4.55. The molecule has 0 saturated carbocycles. The number of alkyl halides is 3. The van der Waals surface area contributed by atoms with E-state index in [2.05, 4.69) is 4.99 Å². The molecular weight excluding hydrogens is 273 g/mol. The standard InChI is InChI=1S/C9H13F3N2O3S/c1-2(9(10,11)12)6-5(16)4(15)3-7(17-6)18-8(13)14-3/h2-7,15-16H,1H3,(H2,13,14). The molecule has 9 heteroatoms. The van der Waals surface area contributed by atoms with Gasteiger partial charge in [0, 0.05) is 0 Å². The molecule has 6 atom stereocenters. The predicted molar refractivity (Wildman–Crippen MR) is 58.9 cm³/mol. The van der Waals surface area contributed by atoms with Crippen LogP contribution in [0.4, 0.5) is 13.2 Å². The Morgan fingerprint density at radius 2 is 2.00 bits per heavy atom. The van der Waals surface area contributed by atoms with E-state index in [4.69, 9.17) is 10.5 Å². The van der Waals surface area contributed by atoms with Gasteiger partial charge in [0.25, 0.3) is 0 Å². The number of halogens is 3. The summed E-state index contributed by atoms with van der Waals surface area (Å²) in [4.78, 5) is 3.84. The molecule has 2 aliphatic heterocycles. The fourth-order valence-electron chi connectivity index (χ4n) is 2.00. The van der Waals surface area contributed by atoms with E-state index in [-0.39, 0.29) is 5.17 Å². The zero-order chi connectivity index (χ0) is 13.7. The van der Waals surface area contributed by atoms with E-state index in [0.717, 1.165) is 18.7 Å². The average Bonchev–Trinajstić information content (AvgIpc) is 2.62. The zero-order valence-electron chi connectivity index (χ0n) is 9.33. The summed E-state index contributed by atoms with van der Waals surface area (Å²) in [5.74, 6) is -1.88. The van der Waals surface area contributed by atoms with Crippen molar-refractivity contribution in [1.82, 2.24) is 0 Å². The van der Waals surface area contributed by atoms with Crippen molar-refractivity contribution in [3.63, 3.8) is 0 Å². The largest absolute Gasteiger partial charge is 0.394 e. The lowest BCUT2D eigenvalue weighted by molar-refractivity contribution is -0.244. The molecule has 18 heavy (non-hydrogen) atoms. The predicted octanol–water partition coefficient (Wildman–Crippen LogP) is 0.0616. The number of fused-ring (bicyclic) bond motifs is 1. The van der Waals surface area contributed by atoms with E-state index in [0.29, 0.717) is 0 Å². The number of nitrogens with two attached hydrogens (primary N) is 1. The fourth-order valence-corrected chi connectivity index (χ4v) is 2.97. The molecule has 0 amide bonds. The highest BCUT2D eigenvalue weighted by Crippen LogP contribution is 2.40. The lowest BCUT2D eigenvalue weighted by atomic mass is 9.90. The Kier molecular flexibility index (Phi) is 3.52. The van der Waals surface area contributed by atoms with Crippen LogP contribution >= 0.6 is 11.8 Å². The lowest BCUT2D eigenvalue weighted by Gasteiger charge is -2.41. The van der Waals surface area contributed by atoms with Crippen LogP contribution in [0.5, 0.6) is 0 Å². The summed E-state index contributed by atoms with van der Waals surface area (Å²) in [6.45, 7) is 0.908. The van der Waals surface area contributed by atoms with Crippen LogP contribution in [0, 0.1) is 5.92 Å². The molecule has 6 unspecified atom stereocenters. The van der Waals surface area contributed by atoms with Gasteiger partial charge in [-0.3, -0.25) is 4.99 Å². The molecular formula is C9H13F3N2O3S. The number of rotatable bonds is 1. The van der Waals surface area contributed by atoms with Crippen LogP contribution in [-0.4, -0.2) is 51.3 Å². The van der Waals surface area contributed by atoms with Gasteiger partial charge in [-0.05, 0) is 0 Å². The van der Waals surface area contributed by atoms with E-state index in [9.17, 15) is 23.4 Å². The van der Waals surface area contributed by atoms with Crippen molar-refractivity contribution in [1.29, 1.82) is 0 Å². The maximum atomic E-state index is 12.6. The molecule has 4 N–H and O–H groups in total. The van der Waals surface area contributed by atoms with Gasteiger partial charge in [0.15, 0.2) is 5.17 Å². The van der Waals surface area contributed by atoms with Crippen LogP contribution < -0.4 is 5.73 Å². The number of aliphatic hydroxyl groups excluding tert-OH is 2. The summed E-state index contributed by atoms with van der Waals surface area (Å²) in [6, 6.07) is -0.818. The summed E-state index contributed by atoms with van der Waals surface area (Å²) in [6.07, 6.45) is -9.08. The molecule has 0 aromatic rings. The summed E-state index contributed by atoms with van der Waals surface area (Å²) in [7, 11) is 0. The van der Waals surface area contributed by atoms with Gasteiger partial charge in [0.2, 0.25) is 0 Å². The summed E-state index contributed by atoms with van der Waals surface area (Å²) in [5, 5.41) is 19.6. The Labute approximate surface area is 105 Å². The SMILES string of the molecule is CC(C1OC2SC(N)=NC2C(O)C1O)C(F)(F)F. The van der Waals surface area contributed by atoms with Gasteiger partial charge in [0.1, 0.15) is 23.7 Å². The Bertz CT molecular complexity index is 365. The van der Waals surface area contributed by atoms with Gasteiger partial charge in [-0.15, -0.1) is 0 Å². The first-order valence-corrected chi connectivity index (χ1v) is 6.18. The minimum absolute atomic E-state index is 0.136. The number of hydrogen-bond acceptors (Lipinski definition) is 6. The van der Waals surface area contributed by atoms with E-state index in [1.54, 1.807) is 0 Å². The van der Waals surface area contributed by atoms with Gasteiger partial charge in [-0.25, -0.2) is 0 Å². The van der Waals surface area contributed by atoms with Crippen LogP contribution in [0.3, 0.4) is 0 Å². The van der Waals surface area contributed by atoms with Gasteiger partial charge >= 0.3 is 6.18 Å². The molecule has 2 heterocycles. The molecule has 0 aliphatic carbocycles. The summed E-state index contributed by atoms with van der Waals surface area (Å²) < 4.78 is 43.1. The number of amidine groups is 1. The Morgan fingerprint density at radius 1 is 1.39 bits per heavy atom. The molecule has 1 saturated heterocycles. The van der Waals surface area contributed by atoms with Gasteiger partial charge in [-0.2, -0.15) is 13.2 Å². The van der Waals surface area contributed by atoms with Crippen LogP contribution in [0.2, 0.25) is 0 Å². The van der Waals surface area contributed by atoms with Crippen molar-refractivity contribution < 1.29 is 28.1 Å². The normalized spacial score (nSPS) is 42.3.